The minimum absolute atomic E-state index is 0.000364. The van der Waals surface area contributed by atoms with Crippen molar-refractivity contribution in [2.24, 2.45) is 5.41 Å². The SMILES string of the molecule is CC1CC2(CCN(c3cccc(C(F)(F)F)n3)C2=O)CCN1c1cnc2cnn(CC(F)F)c2n1. The maximum atomic E-state index is 13.4. The van der Waals surface area contributed by atoms with Gasteiger partial charge in [-0.2, -0.15) is 18.3 Å². The fourth-order valence-corrected chi connectivity index (χ4v) is 5.11. The van der Waals surface area contributed by atoms with E-state index in [1.165, 1.54) is 23.2 Å². The number of carbonyl (C=O) groups is 1. The third-order valence-corrected chi connectivity index (χ3v) is 6.80. The molecule has 1 spiro atoms. The molecule has 1 amide bonds. The van der Waals surface area contributed by atoms with Crippen LogP contribution in [0.4, 0.5) is 33.6 Å². The van der Waals surface area contributed by atoms with Crippen LogP contribution in [0.1, 0.15) is 31.9 Å². The van der Waals surface area contributed by atoms with Gasteiger partial charge in [0.25, 0.3) is 6.43 Å². The predicted molar refractivity (Wildman–Crippen MR) is 116 cm³/mol. The number of hydrogen-bond acceptors (Lipinski definition) is 6. The maximum Gasteiger partial charge on any atom is 0.433 e. The van der Waals surface area contributed by atoms with E-state index in [0.717, 1.165) is 10.7 Å². The highest BCUT2D eigenvalue weighted by Crippen LogP contribution is 2.45. The molecule has 0 aliphatic carbocycles. The Balaban J connectivity index is 1.35. The lowest BCUT2D eigenvalue weighted by atomic mass is 9.74. The molecule has 0 radical (unpaired) electrons. The minimum Gasteiger partial charge on any atom is -0.352 e. The summed E-state index contributed by atoms with van der Waals surface area (Å²) in [6.45, 7) is 2.09. The molecule has 5 heterocycles. The van der Waals surface area contributed by atoms with Crippen LogP contribution in [0.2, 0.25) is 0 Å². The van der Waals surface area contributed by atoms with Crippen LogP contribution in [-0.2, 0) is 17.5 Å². The third kappa shape index (κ3) is 4.16. The Labute approximate surface area is 196 Å². The first-order valence-electron chi connectivity index (χ1n) is 11.2. The molecule has 0 saturated carbocycles. The van der Waals surface area contributed by atoms with Crippen LogP contribution < -0.4 is 9.80 Å². The van der Waals surface area contributed by atoms with Gasteiger partial charge in [0.15, 0.2) is 5.65 Å². The highest BCUT2D eigenvalue weighted by molar-refractivity contribution is 5.99. The molecule has 8 nitrogen and oxygen atoms in total. The summed E-state index contributed by atoms with van der Waals surface area (Å²) in [6.07, 6.45) is -2.78. The molecule has 2 atom stereocenters. The van der Waals surface area contributed by atoms with Crippen molar-refractivity contribution in [2.45, 2.75) is 51.4 Å². The number of halogens is 5. The van der Waals surface area contributed by atoms with E-state index in [4.69, 9.17) is 0 Å². The van der Waals surface area contributed by atoms with Gasteiger partial charge in [0.2, 0.25) is 5.91 Å². The third-order valence-electron chi connectivity index (χ3n) is 6.80. The second-order valence-corrected chi connectivity index (χ2v) is 9.02. The highest BCUT2D eigenvalue weighted by Gasteiger charge is 2.51. The lowest BCUT2D eigenvalue weighted by molar-refractivity contribution is -0.141. The largest absolute Gasteiger partial charge is 0.433 e. The molecule has 5 rings (SSSR count). The summed E-state index contributed by atoms with van der Waals surface area (Å²) in [6, 6.07) is 3.41. The van der Waals surface area contributed by atoms with E-state index >= 15 is 0 Å². The second-order valence-electron chi connectivity index (χ2n) is 9.02. The molecular formula is C22H22F5N7O. The van der Waals surface area contributed by atoms with Crippen molar-refractivity contribution < 1.29 is 26.7 Å². The van der Waals surface area contributed by atoms with Gasteiger partial charge in [0, 0.05) is 19.1 Å². The molecule has 186 valence electrons. The molecule has 2 unspecified atom stereocenters. The summed E-state index contributed by atoms with van der Waals surface area (Å²) in [7, 11) is 0. The van der Waals surface area contributed by atoms with E-state index in [2.05, 4.69) is 20.1 Å². The molecule has 0 bridgehead atoms. The number of nitrogens with zero attached hydrogens (tertiary/aromatic N) is 7. The molecule has 35 heavy (non-hydrogen) atoms. The van der Waals surface area contributed by atoms with Crippen LogP contribution in [0.25, 0.3) is 11.2 Å². The van der Waals surface area contributed by atoms with Gasteiger partial charge in [-0.1, -0.05) is 6.07 Å². The van der Waals surface area contributed by atoms with Gasteiger partial charge in [0.1, 0.15) is 29.4 Å². The number of anilines is 2. The standard InChI is InChI=1S/C22H22F5N7O/c1-13-9-21(6-8-33(20(21)35)17-4-2-3-15(30-17)22(25,26)27)5-7-32(13)18-11-28-14-10-29-34(12-16(23)24)19(14)31-18/h2-4,10-11,13,16H,5-9,12H2,1H3. The van der Waals surface area contributed by atoms with Gasteiger partial charge in [-0.25, -0.2) is 28.4 Å². The molecule has 0 N–H and O–H groups in total. The molecule has 3 aromatic rings. The fourth-order valence-electron chi connectivity index (χ4n) is 5.11. The van der Waals surface area contributed by atoms with Crippen LogP contribution in [0.15, 0.2) is 30.6 Å². The summed E-state index contributed by atoms with van der Waals surface area (Å²) < 4.78 is 66.1. The van der Waals surface area contributed by atoms with Crippen LogP contribution in [0.3, 0.4) is 0 Å². The van der Waals surface area contributed by atoms with Gasteiger partial charge in [-0.3, -0.25) is 9.69 Å². The summed E-state index contributed by atoms with van der Waals surface area (Å²) in [4.78, 5) is 29.2. The van der Waals surface area contributed by atoms with Gasteiger partial charge >= 0.3 is 6.18 Å². The summed E-state index contributed by atoms with van der Waals surface area (Å²) in [5.41, 5.74) is -1.08. The van der Waals surface area contributed by atoms with Gasteiger partial charge in [-0.15, -0.1) is 0 Å². The number of aromatic nitrogens is 5. The Hall–Kier alpha value is -3.38. The van der Waals surface area contributed by atoms with Crippen molar-refractivity contribution in [3.8, 4) is 0 Å². The zero-order valence-electron chi connectivity index (χ0n) is 18.7. The number of rotatable bonds is 4. The number of piperidine rings is 1. The smallest absolute Gasteiger partial charge is 0.352 e. The quantitative estimate of drug-likeness (QED) is 0.511. The number of alkyl halides is 5. The van der Waals surface area contributed by atoms with Gasteiger partial charge < -0.3 is 4.90 Å². The van der Waals surface area contributed by atoms with Gasteiger partial charge in [-0.05, 0) is 38.3 Å². The van der Waals surface area contributed by atoms with E-state index in [-0.39, 0.29) is 23.4 Å². The Morgan fingerprint density at radius 2 is 1.89 bits per heavy atom. The lowest BCUT2D eigenvalue weighted by Crippen LogP contribution is -2.49. The first kappa shape index (κ1) is 23.4. The minimum atomic E-state index is -4.59. The van der Waals surface area contributed by atoms with Crippen LogP contribution in [0, 0.1) is 5.41 Å². The Kier molecular flexibility index (Phi) is 5.59. The number of hydrogen-bond donors (Lipinski definition) is 0. The Bertz CT molecular complexity index is 1260. The second kappa shape index (κ2) is 8.38. The zero-order chi connectivity index (χ0) is 25.0. The van der Waals surface area contributed by atoms with E-state index in [1.807, 2.05) is 11.8 Å². The van der Waals surface area contributed by atoms with Crippen molar-refractivity contribution in [1.82, 2.24) is 24.7 Å². The summed E-state index contributed by atoms with van der Waals surface area (Å²) in [5, 5.41) is 3.93. The van der Waals surface area contributed by atoms with Crippen LogP contribution in [0.5, 0.6) is 0 Å². The number of amides is 1. The van der Waals surface area contributed by atoms with E-state index in [1.54, 1.807) is 6.20 Å². The normalized spacial score (nSPS) is 23.3. The first-order chi connectivity index (χ1) is 16.6. The molecule has 2 saturated heterocycles. The molecule has 3 aromatic heterocycles. The molecule has 13 heteroatoms. The van der Waals surface area contributed by atoms with Crippen LogP contribution >= 0.6 is 0 Å². The molecule has 2 aliphatic rings. The first-order valence-corrected chi connectivity index (χ1v) is 11.2. The zero-order valence-corrected chi connectivity index (χ0v) is 18.7. The van der Waals surface area contributed by atoms with Crippen molar-refractivity contribution >= 4 is 28.7 Å². The monoisotopic (exact) mass is 495 g/mol. The van der Waals surface area contributed by atoms with Crippen LogP contribution in [-0.4, -0.2) is 56.2 Å². The topological polar surface area (TPSA) is 80.0 Å². The Morgan fingerprint density at radius 1 is 1.11 bits per heavy atom. The predicted octanol–water partition coefficient (Wildman–Crippen LogP) is 3.92. The Morgan fingerprint density at radius 3 is 2.60 bits per heavy atom. The molecule has 2 fully saturated rings. The lowest BCUT2D eigenvalue weighted by Gasteiger charge is -2.43. The van der Waals surface area contributed by atoms with Gasteiger partial charge in [0.05, 0.1) is 17.8 Å². The summed E-state index contributed by atoms with van der Waals surface area (Å²) in [5.74, 6) is 0.269. The molecule has 2 aliphatic heterocycles. The molecule has 0 aromatic carbocycles. The number of fused-ring (bicyclic) bond motifs is 1. The molecular weight excluding hydrogens is 473 g/mol. The summed E-state index contributed by atoms with van der Waals surface area (Å²) >= 11 is 0. The van der Waals surface area contributed by atoms with Crippen molar-refractivity contribution in [3.63, 3.8) is 0 Å². The van der Waals surface area contributed by atoms with Crippen molar-refractivity contribution in [1.29, 1.82) is 0 Å². The average molecular weight is 495 g/mol. The van der Waals surface area contributed by atoms with Crippen molar-refractivity contribution in [2.75, 3.05) is 22.9 Å². The maximum absolute atomic E-state index is 13.4. The fraction of sp³-hybridized carbons (Fsp3) is 0.500. The number of pyridine rings is 1. The number of carbonyl (C=O) groups excluding carboxylic acids is 1. The van der Waals surface area contributed by atoms with E-state index < -0.39 is 30.3 Å². The average Bonchev–Trinajstić information content (AvgIpc) is 3.34. The van der Waals surface area contributed by atoms with Crippen molar-refractivity contribution in [3.05, 3.63) is 36.3 Å². The van der Waals surface area contributed by atoms with E-state index in [9.17, 15) is 26.7 Å². The highest BCUT2D eigenvalue weighted by atomic mass is 19.4. The van der Waals surface area contributed by atoms with E-state index in [0.29, 0.717) is 43.7 Å².